The number of hydrogen-bond acceptors (Lipinski definition) is 2. The lowest BCUT2D eigenvalue weighted by Crippen LogP contribution is -2.46. The van der Waals surface area contributed by atoms with Crippen LogP contribution in [0.4, 0.5) is 0 Å². The summed E-state index contributed by atoms with van der Waals surface area (Å²) < 4.78 is 0. The lowest BCUT2D eigenvalue weighted by Gasteiger charge is -2.39. The Morgan fingerprint density at radius 1 is 1.28 bits per heavy atom. The average molecular weight is 253 g/mol. The van der Waals surface area contributed by atoms with Gasteiger partial charge in [0.05, 0.1) is 6.42 Å². The minimum Gasteiger partial charge on any atom is -0.481 e. The molecular weight excluding hydrogens is 230 g/mol. The third-order valence-corrected chi connectivity index (χ3v) is 5.70. The van der Waals surface area contributed by atoms with Crippen LogP contribution in [0.25, 0.3) is 0 Å². The van der Waals surface area contributed by atoms with Crippen molar-refractivity contribution < 1.29 is 14.7 Å². The first kappa shape index (κ1) is 13.4. The summed E-state index contributed by atoms with van der Waals surface area (Å²) in [6, 6.07) is 0.215. The second-order valence-corrected chi connectivity index (χ2v) is 6.62. The maximum Gasteiger partial charge on any atom is 0.303 e. The Labute approximate surface area is 108 Å². The van der Waals surface area contributed by atoms with Gasteiger partial charge < -0.3 is 10.4 Å². The molecule has 2 saturated carbocycles. The van der Waals surface area contributed by atoms with E-state index >= 15 is 0 Å². The van der Waals surface area contributed by atoms with Crippen LogP contribution in [0.5, 0.6) is 0 Å². The predicted molar refractivity (Wildman–Crippen MR) is 68.0 cm³/mol. The van der Waals surface area contributed by atoms with Gasteiger partial charge in [-0.25, -0.2) is 0 Å². The number of aliphatic carboxylic acids is 1. The number of carboxylic acids is 1. The van der Waals surface area contributed by atoms with Gasteiger partial charge in [0.2, 0.25) is 5.91 Å². The number of carbonyl (C=O) groups excluding carboxylic acids is 1. The molecule has 0 radical (unpaired) electrons. The number of hydrogen-bond donors (Lipinski definition) is 2. The van der Waals surface area contributed by atoms with Crippen molar-refractivity contribution in [3.05, 3.63) is 0 Å². The van der Waals surface area contributed by atoms with E-state index in [0.29, 0.717) is 5.92 Å². The van der Waals surface area contributed by atoms with Gasteiger partial charge in [0.15, 0.2) is 0 Å². The molecule has 0 aromatic carbocycles. The van der Waals surface area contributed by atoms with Gasteiger partial charge in [-0.3, -0.25) is 9.59 Å². The standard InChI is InChI=1S/C14H23NO3/c1-13(2)9-6-7-14(13,3)10(8-9)15-11(16)4-5-12(17)18/h9-10H,4-8H2,1-3H3,(H,15,16)(H,17,18)/t9-,10+,14+/m0/s1. The molecule has 2 aliphatic carbocycles. The summed E-state index contributed by atoms with van der Waals surface area (Å²) >= 11 is 0. The number of nitrogens with one attached hydrogen (secondary N) is 1. The quantitative estimate of drug-likeness (QED) is 0.807. The minimum absolute atomic E-state index is 0.0813. The molecule has 0 spiro atoms. The second kappa shape index (κ2) is 4.25. The number of fused-ring (bicyclic) bond motifs is 2. The van der Waals surface area contributed by atoms with Gasteiger partial charge >= 0.3 is 5.97 Å². The molecule has 0 saturated heterocycles. The molecule has 0 aromatic rings. The Morgan fingerprint density at radius 3 is 2.39 bits per heavy atom. The summed E-state index contributed by atoms with van der Waals surface area (Å²) in [5.74, 6) is -0.344. The lowest BCUT2D eigenvalue weighted by atomic mass is 9.69. The van der Waals surface area contributed by atoms with Gasteiger partial charge in [0.25, 0.3) is 0 Å². The molecule has 0 unspecified atom stereocenters. The maximum atomic E-state index is 11.8. The highest BCUT2D eigenvalue weighted by atomic mass is 16.4. The number of rotatable bonds is 4. The molecule has 4 nitrogen and oxygen atoms in total. The van der Waals surface area contributed by atoms with Crippen LogP contribution < -0.4 is 5.32 Å². The van der Waals surface area contributed by atoms with Crippen molar-refractivity contribution in [1.29, 1.82) is 0 Å². The lowest BCUT2D eigenvalue weighted by molar-refractivity contribution is -0.139. The van der Waals surface area contributed by atoms with Crippen LogP contribution in [0, 0.1) is 16.7 Å². The SMILES string of the molecule is CC1(C)[C@H]2CC[C@]1(C)[C@H](NC(=O)CCC(=O)O)C2. The van der Waals surface area contributed by atoms with Gasteiger partial charge in [-0.2, -0.15) is 0 Å². The Hall–Kier alpha value is -1.06. The highest BCUT2D eigenvalue weighted by molar-refractivity contribution is 5.80. The van der Waals surface area contributed by atoms with Crippen molar-refractivity contribution in [1.82, 2.24) is 5.32 Å². The fraction of sp³-hybridized carbons (Fsp3) is 0.857. The first-order valence-electron chi connectivity index (χ1n) is 6.78. The number of amides is 1. The van der Waals surface area contributed by atoms with Crippen LogP contribution in [0.15, 0.2) is 0 Å². The van der Waals surface area contributed by atoms with E-state index in [0.717, 1.165) is 12.8 Å². The molecule has 2 bridgehead atoms. The maximum absolute atomic E-state index is 11.8. The van der Waals surface area contributed by atoms with Crippen LogP contribution in [0.3, 0.4) is 0 Å². The van der Waals surface area contributed by atoms with Gasteiger partial charge in [0.1, 0.15) is 0 Å². The molecule has 3 atom stereocenters. The fourth-order valence-corrected chi connectivity index (χ4v) is 3.91. The van der Waals surface area contributed by atoms with Gasteiger partial charge in [-0.1, -0.05) is 20.8 Å². The topological polar surface area (TPSA) is 66.4 Å². The van der Waals surface area contributed by atoms with E-state index in [1.165, 1.54) is 6.42 Å². The van der Waals surface area contributed by atoms with E-state index in [1.807, 2.05) is 0 Å². The van der Waals surface area contributed by atoms with E-state index in [9.17, 15) is 9.59 Å². The molecule has 0 heterocycles. The zero-order valence-corrected chi connectivity index (χ0v) is 11.5. The summed E-state index contributed by atoms with van der Waals surface area (Å²) in [6.07, 6.45) is 3.47. The zero-order valence-electron chi connectivity index (χ0n) is 11.5. The summed E-state index contributed by atoms with van der Waals surface area (Å²) in [7, 11) is 0. The van der Waals surface area contributed by atoms with Gasteiger partial charge in [-0.15, -0.1) is 0 Å². The Kier molecular flexibility index (Phi) is 3.16. The normalized spacial score (nSPS) is 36.6. The Morgan fingerprint density at radius 2 is 1.94 bits per heavy atom. The van der Waals surface area contributed by atoms with E-state index in [1.54, 1.807) is 0 Å². The van der Waals surface area contributed by atoms with E-state index in [4.69, 9.17) is 5.11 Å². The fourth-order valence-electron chi connectivity index (χ4n) is 3.91. The molecule has 102 valence electrons. The van der Waals surface area contributed by atoms with Crippen LogP contribution in [0.2, 0.25) is 0 Å². The molecular formula is C14H23NO3. The van der Waals surface area contributed by atoms with Crippen LogP contribution >= 0.6 is 0 Å². The smallest absolute Gasteiger partial charge is 0.303 e. The summed E-state index contributed by atoms with van der Waals surface area (Å²) in [4.78, 5) is 22.2. The van der Waals surface area contributed by atoms with E-state index in [-0.39, 0.29) is 35.6 Å². The van der Waals surface area contributed by atoms with E-state index < -0.39 is 5.97 Å². The van der Waals surface area contributed by atoms with Crippen molar-refractivity contribution in [3.8, 4) is 0 Å². The molecule has 2 aliphatic rings. The summed E-state index contributed by atoms with van der Waals surface area (Å²) in [6.45, 7) is 6.87. The zero-order chi connectivity index (χ0) is 13.6. The summed E-state index contributed by atoms with van der Waals surface area (Å²) in [5, 5.41) is 11.6. The molecule has 1 amide bonds. The van der Waals surface area contributed by atoms with Crippen molar-refractivity contribution in [2.24, 2.45) is 16.7 Å². The van der Waals surface area contributed by atoms with Crippen molar-refractivity contribution in [2.75, 3.05) is 0 Å². The van der Waals surface area contributed by atoms with Gasteiger partial charge in [-0.05, 0) is 36.0 Å². The molecule has 0 aromatic heterocycles. The molecule has 2 fully saturated rings. The van der Waals surface area contributed by atoms with Crippen LogP contribution in [-0.2, 0) is 9.59 Å². The Bertz CT molecular complexity index is 377. The third kappa shape index (κ3) is 1.91. The first-order valence-corrected chi connectivity index (χ1v) is 6.78. The monoisotopic (exact) mass is 253 g/mol. The van der Waals surface area contributed by atoms with E-state index in [2.05, 4.69) is 26.1 Å². The van der Waals surface area contributed by atoms with Crippen molar-refractivity contribution >= 4 is 11.9 Å². The highest BCUT2D eigenvalue weighted by Crippen LogP contribution is 2.65. The number of carbonyl (C=O) groups is 2. The largest absolute Gasteiger partial charge is 0.481 e. The van der Waals surface area contributed by atoms with Crippen LogP contribution in [-0.4, -0.2) is 23.0 Å². The molecule has 18 heavy (non-hydrogen) atoms. The molecule has 2 rings (SSSR count). The third-order valence-electron chi connectivity index (χ3n) is 5.70. The van der Waals surface area contributed by atoms with Crippen molar-refractivity contribution in [2.45, 2.75) is 58.9 Å². The minimum atomic E-state index is -0.912. The summed E-state index contributed by atoms with van der Waals surface area (Å²) in [5.41, 5.74) is 0.439. The predicted octanol–water partition coefficient (Wildman–Crippen LogP) is 2.18. The molecule has 0 aliphatic heterocycles. The molecule has 4 heteroatoms. The Balaban J connectivity index is 1.96. The average Bonchev–Trinajstić information content (AvgIpc) is 2.59. The first-order chi connectivity index (χ1) is 8.27. The van der Waals surface area contributed by atoms with Gasteiger partial charge in [0, 0.05) is 12.5 Å². The number of carboxylic acid groups (broad SMARTS) is 1. The molecule has 2 N–H and O–H groups in total. The second-order valence-electron chi connectivity index (χ2n) is 6.62. The van der Waals surface area contributed by atoms with Crippen LogP contribution in [0.1, 0.15) is 52.9 Å². The van der Waals surface area contributed by atoms with Crippen molar-refractivity contribution in [3.63, 3.8) is 0 Å². The highest BCUT2D eigenvalue weighted by Gasteiger charge is 2.61.